The highest BCUT2D eigenvalue weighted by molar-refractivity contribution is 6.24. The number of nitrogens with one attached hydrogen (secondary N) is 1. The zero-order valence-corrected chi connectivity index (χ0v) is 16.8. The maximum Gasteiger partial charge on any atom is 0.266 e. The third kappa shape index (κ3) is 3.96. The molecule has 31 heavy (non-hydrogen) atoms. The van der Waals surface area contributed by atoms with Gasteiger partial charge < -0.3 is 4.74 Å². The number of imide groups is 2. The second-order valence-electron chi connectivity index (χ2n) is 7.62. The van der Waals surface area contributed by atoms with Crippen molar-refractivity contribution in [1.29, 1.82) is 0 Å². The number of aryl methyl sites for hydroxylation is 1. The summed E-state index contributed by atoms with van der Waals surface area (Å²) in [7, 11) is 0. The van der Waals surface area contributed by atoms with Gasteiger partial charge in [0.05, 0.1) is 11.1 Å². The van der Waals surface area contributed by atoms with Gasteiger partial charge in [-0.1, -0.05) is 35.9 Å². The Morgan fingerprint density at radius 3 is 2.61 bits per heavy atom. The summed E-state index contributed by atoms with van der Waals surface area (Å²) in [5, 5.41) is 2.16. The lowest BCUT2D eigenvalue weighted by Crippen LogP contribution is -2.54. The number of carbonyl (C=O) groups excluding carboxylic acids is 5. The van der Waals surface area contributed by atoms with E-state index in [0.29, 0.717) is 0 Å². The molecule has 8 heteroatoms. The highest BCUT2D eigenvalue weighted by Crippen LogP contribution is 2.33. The predicted octanol–water partition coefficient (Wildman–Crippen LogP) is 1.59. The van der Waals surface area contributed by atoms with Crippen LogP contribution in [0, 0.1) is 6.92 Å². The first-order chi connectivity index (χ1) is 14.8. The van der Waals surface area contributed by atoms with Crippen molar-refractivity contribution in [2.45, 2.75) is 32.2 Å². The van der Waals surface area contributed by atoms with Crippen molar-refractivity contribution in [1.82, 2.24) is 10.2 Å². The van der Waals surface area contributed by atoms with E-state index < -0.39 is 29.7 Å². The number of nitrogens with zero attached hydrogens (tertiary/aromatic N) is 1. The van der Waals surface area contributed by atoms with Crippen LogP contribution in [0.5, 0.6) is 5.75 Å². The second kappa shape index (κ2) is 8.14. The number of benzene rings is 2. The standard InChI is InChI=1S/C23H20N2O6/c1-13-4-2-5-14(10-13)11-15(26)12-31-18-7-3-6-16-20(18)23(30)25(22(16)29)17-8-9-19(27)24-21(17)28/h2-7,10,17H,8-9,11-12H2,1H3,(H,24,27,28). The van der Waals surface area contributed by atoms with Gasteiger partial charge >= 0.3 is 0 Å². The summed E-state index contributed by atoms with van der Waals surface area (Å²) in [5.41, 5.74) is 2.05. The van der Waals surface area contributed by atoms with Crippen molar-refractivity contribution >= 4 is 29.4 Å². The molecule has 8 nitrogen and oxygen atoms in total. The first kappa shape index (κ1) is 20.5. The average molecular weight is 420 g/mol. The summed E-state index contributed by atoms with van der Waals surface area (Å²) >= 11 is 0. The molecule has 0 aromatic heterocycles. The monoisotopic (exact) mass is 420 g/mol. The molecule has 4 rings (SSSR count). The Labute approximate surface area is 178 Å². The Hall–Kier alpha value is -3.81. The molecule has 158 valence electrons. The lowest BCUT2D eigenvalue weighted by molar-refractivity contribution is -0.136. The summed E-state index contributed by atoms with van der Waals surface area (Å²) in [4.78, 5) is 62.6. The van der Waals surface area contributed by atoms with Crippen molar-refractivity contribution in [3.63, 3.8) is 0 Å². The smallest absolute Gasteiger partial charge is 0.266 e. The van der Waals surface area contributed by atoms with Gasteiger partial charge in [-0.05, 0) is 31.0 Å². The normalized spacial score (nSPS) is 18.1. The number of hydrogen-bond donors (Lipinski definition) is 1. The van der Waals surface area contributed by atoms with Crippen LogP contribution in [0.2, 0.25) is 0 Å². The molecule has 0 spiro atoms. The van der Waals surface area contributed by atoms with E-state index in [1.807, 2.05) is 31.2 Å². The van der Waals surface area contributed by atoms with Crippen molar-refractivity contribution in [3.05, 3.63) is 64.7 Å². The highest BCUT2D eigenvalue weighted by atomic mass is 16.5. The predicted molar refractivity (Wildman–Crippen MR) is 108 cm³/mol. The summed E-state index contributed by atoms with van der Waals surface area (Å²) in [6.07, 6.45) is 0.300. The van der Waals surface area contributed by atoms with E-state index in [2.05, 4.69) is 5.32 Å². The van der Waals surface area contributed by atoms with Gasteiger partial charge in [-0.3, -0.25) is 34.2 Å². The van der Waals surface area contributed by atoms with Gasteiger partial charge in [-0.2, -0.15) is 0 Å². The largest absolute Gasteiger partial charge is 0.485 e. The number of ether oxygens (including phenoxy) is 1. The van der Waals surface area contributed by atoms with Crippen LogP contribution in [0.3, 0.4) is 0 Å². The lowest BCUT2D eigenvalue weighted by Gasteiger charge is -2.27. The fourth-order valence-electron chi connectivity index (χ4n) is 3.86. The number of amides is 4. The summed E-state index contributed by atoms with van der Waals surface area (Å²) in [5.74, 6) is -2.47. The van der Waals surface area contributed by atoms with Gasteiger partial charge in [0.25, 0.3) is 11.8 Å². The molecule has 2 heterocycles. The van der Waals surface area contributed by atoms with Crippen LogP contribution in [0.4, 0.5) is 0 Å². The molecular weight excluding hydrogens is 400 g/mol. The van der Waals surface area contributed by atoms with Crippen molar-refractivity contribution < 1.29 is 28.7 Å². The van der Waals surface area contributed by atoms with Gasteiger partial charge in [0.2, 0.25) is 11.8 Å². The fourth-order valence-corrected chi connectivity index (χ4v) is 3.86. The Morgan fingerprint density at radius 1 is 1.10 bits per heavy atom. The van der Waals surface area contributed by atoms with E-state index >= 15 is 0 Å². The number of carbonyl (C=O) groups is 5. The van der Waals surface area contributed by atoms with Gasteiger partial charge in [-0.25, -0.2) is 0 Å². The Morgan fingerprint density at radius 2 is 1.87 bits per heavy atom. The SMILES string of the molecule is Cc1cccc(CC(=O)COc2cccc3c2C(=O)N(C2CCC(=O)NC2=O)C3=O)c1. The van der Waals surface area contributed by atoms with E-state index in [9.17, 15) is 24.0 Å². The number of rotatable bonds is 6. The molecule has 2 aliphatic heterocycles. The lowest BCUT2D eigenvalue weighted by atomic mass is 10.0. The molecule has 0 saturated carbocycles. The molecule has 1 fully saturated rings. The second-order valence-corrected chi connectivity index (χ2v) is 7.62. The van der Waals surface area contributed by atoms with E-state index in [-0.39, 0.29) is 48.5 Å². The molecule has 2 aliphatic rings. The molecule has 0 bridgehead atoms. The van der Waals surface area contributed by atoms with Crippen LogP contribution in [-0.2, 0) is 20.8 Å². The number of Topliss-reactive ketones (excluding diaryl/α,β-unsaturated/α-hetero) is 1. The molecule has 1 atom stereocenters. The molecule has 0 aliphatic carbocycles. The van der Waals surface area contributed by atoms with E-state index in [0.717, 1.165) is 16.0 Å². The Balaban J connectivity index is 1.50. The van der Waals surface area contributed by atoms with Crippen LogP contribution in [0.25, 0.3) is 0 Å². The number of hydrogen-bond acceptors (Lipinski definition) is 6. The minimum absolute atomic E-state index is 0.0283. The maximum absolute atomic E-state index is 13.0. The zero-order valence-electron chi connectivity index (χ0n) is 16.8. The van der Waals surface area contributed by atoms with Crippen molar-refractivity contribution in [2.24, 2.45) is 0 Å². The maximum atomic E-state index is 13.0. The highest BCUT2D eigenvalue weighted by Gasteiger charge is 2.46. The summed E-state index contributed by atoms with van der Waals surface area (Å²) in [6.45, 7) is 1.68. The number of ketones is 1. The quantitative estimate of drug-likeness (QED) is 0.711. The molecule has 1 saturated heterocycles. The minimum atomic E-state index is -1.05. The molecular formula is C23H20N2O6. The van der Waals surface area contributed by atoms with Gasteiger partial charge in [0.1, 0.15) is 18.4 Å². The molecule has 4 amide bonds. The Bertz CT molecular complexity index is 1120. The summed E-state index contributed by atoms with van der Waals surface area (Å²) < 4.78 is 5.61. The zero-order chi connectivity index (χ0) is 22.1. The molecule has 2 aromatic rings. The van der Waals surface area contributed by atoms with Crippen LogP contribution in [0.15, 0.2) is 42.5 Å². The third-order valence-corrected chi connectivity index (χ3v) is 5.30. The van der Waals surface area contributed by atoms with Crippen LogP contribution in [-0.4, -0.2) is 47.0 Å². The van der Waals surface area contributed by atoms with Crippen molar-refractivity contribution in [2.75, 3.05) is 6.61 Å². The third-order valence-electron chi connectivity index (χ3n) is 5.30. The van der Waals surface area contributed by atoms with Gasteiger partial charge in [0.15, 0.2) is 5.78 Å². The molecule has 2 aromatic carbocycles. The van der Waals surface area contributed by atoms with Gasteiger partial charge in [-0.15, -0.1) is 0 Å². The number of fused-ring (bicyclic) bond motifs is 1. The number of piperidine rings is 1. The van der Waals surface area contributed by atoms with E-state index in [1.165, 1.54) is 12.1 Å². The van der Waals surface area contributed by atoms with Gasteiger partial charge in [0, 0.05) is 12.8 Å². The van der Waals surface area contributed by atoms with Crippen LogP contribution in [0.1, 0.15) is 44.7 Å². The molecule has 1 unspecified atom stereocenters. The first-order valence-corrected chi connectivity index (χ1v) is 9.90. The molecule has 1 N–H and O–H groups in total. The first-order valence-electron chi connectivity index (χ1n) is 9.90. The summed E-state index contributed by atoms with van der Waals surface area (Å²) in [6, 6.07) is 11.1. The minimum Gasteiger partial charge on any atom is -0.485 e. The van der Waals surface area contributed by atoms with Crippen molar-refractivity contribution in [3.8, 4) is 5.75 Å². The molecule has 0 radical (unpaired) electrons. The van der Waals surface area contributed by atoms with Crippen LogP contribution < -0.4 is 10.1 Å². The van der Waals surface area contributed by atoms with E-state index in [1.54, 1.807) is 6.07 Å². The average Bonchev–Trinajstić information content (AvgIpc) is 2.98. The Kier molecular flexibility index (Phi) is 5.37. The van der Waals surface area contributed by atoms with Crippen LogP contribution >= 0.6 is 0 Å². The van der Waals surface area contributed by atoms with E-state index in [4.69, 9.17) is 4.74 Å². The fraction of sp³-hybridized carbons (Fsp3) is 0.261. The topological polar surface area (TPSA) is 110 Å².